The highest BCUT2D eigenvalue weighted by molar-refractivity contribution is 5.30. The van der Waals surface area contributed by atoms with Crippen molar-refractivity contribution in [2.45, 2.75) is 32.2 Å². The first-order chi connectivity index (χ1) is 10.1. The van der Waals surface area contributed by atoms with E-state index < -0.39 is 0 Å². The fourth-order valence-corrected chi connectivity index (χ4v) is 2.12. The van der Waals surface area contributed by atoms with E-state index in [1.807, 2.05) is 26.2 Å². The van der Waals surface area contributed by atoms with Gasteiger partial charge in [0.2, 0.25) is 0 Å². The van der Waals surface area contributed by atoms with Gasteiger partial charge in [-0.1, -0.05) is 13.0 Å². The van der Waals surface area contributed by atoms with Gasteiger partial charge in [-0.25, -0.2) is 4.39 Å². The minimum absolute atomic E-state index is 0.0711. The van der Waals surface area contributed by atoms with Gasteiger partial charge in [0.05, 0.1) is 12.8 Å². The van der Waals surface area contributed by atoms with Gasteiger partial charge in [0.1, 0.15) is 0 Å². The number of hydrogen-bond acceptors (Lipinski definition) is 3. The molecule has 0 aliphatic heterocycles. The zero-order valence-corrected chi connectivity index (χ0v) is 12.6. The van der Waals surface area contributed by atoms with Crippen LogP contribution in [0.4, 0.5) is 4.39 Å². The maximum absolute atomic E-state index is 14.0. The Balaban J connectivity index is 1.88. The number of nitrogens with zero attached hydrogens (tertiary/aromatic N) is 2. The van der Waals surface area contributed by atoms with Gasteiger partial charge in [0, 0.05) is 25.7 Å². The molecule has 0 saturated heterocycles. The lowest BCUT2D eigenvalue weighted by Crippen LogP contribution is -2.21. The zero-order valence-electron chi connectivity index (χ0n) is 12.6. The average Bonchev–Trinajstić information content (AvgIpc) is 2.87. The molecule has 0 fully saturated rings. The van der Waals surface area contributed by atoms with Gasteiger partial charge in [-0.15, -0.1) is 0 Å². The second-order valence-corrected chi connectivity index (χ2v) is 5.26. The SMILES string of the molecule is CCC(N)Cc1ccc(OCCc2cnn(C)c2)c(F)c1. The monoisotopic (exact) mass is 291 g/mol. The molecule has 1 unspecified atom stereocenters. The summed E-state index contributed by atoms with van der Waals surface area (Å²) in [6.07, 6.45) is 5.98. The number of aryl methyl sites for hydroxylation is 1. The van der Waals surface area contributed by atoms with Crippen molar-refractivity contribution in [3.05, 3.63) is 47.5 Å². The molecular formula is C16H22FN3O. The van der Waals surface area contributed by atoms with Crippen LogP contribution in [0.5, 0.6) is 5.75 Å². The summed E-state index contributed by atoms with van der Waals surface area (Å²) in [7, 11) is 1.86. The van der Waals surface area contributed by atoms with Crippen molar-refractivity contribution in [3.8, 4) is 5.75 Å². The van der Waals surface area contributed by atoms with Gasteiger partial charge in [-0.05, 0) is 36.1 Å². The molecule has 0 aliphatic rings. The highest BCUT2D eigenvalue weighted by Gasteiger charge is 2.08. The number of nitrogens with two attached hydrogens (primary N) is 1. The fraction of sp³-hybridized carbons (Fsp3) is 0.438. The molecule has 1 heterocycles. The molecule has 1 aromatic carbocycles. The van der Waals surface area contributed by atoms with Crippen LogP contribution < -0.4 is 10.5 Å². The molecule has 0 radical (unpaired) electrons. The number of ether oxygens (including phenoxy) is 1. The molecule has 5 heteroatoms. The van der Waals surface area contributed by atoms with E-state index in [0.717, 1.165) is 17.5 Å². The number of aromatic nitrogens is 2. The number of rotatable bonds is 7. The fourth-order valence-electron chi connectivity index (χ4n) is 2.12. The predicted octanol–water partition coefficient (Wildman–Crippen LogP) is 2.46. The second-order valence-electron chi connectivity index (χ2n) is 5.26. The van der Waals surface area contributed by atoms with Crippen molar-refractivity contribution in [1.82, 2.24) is 9.78 Å². The summed E-state index contributed by atoms with van der Waals surface area (Å²) >= 11 is 0. The highest BCUT2D eigenvalue weighted by atomic mass is 19.1. The molecule has 2 N–H and O–H groups in total. The summed E-state index contributed by atoms with van der Waals surface area (Å²) in [6.45, 7) is 2.45. The highest BCUT2D eigenvalue weighted by Crippen LogP contribution is 2.19. The predicted molar refractivity (Wildman–Crippen MR) is 80.8 cm³/mol. The van der Waals surface area contributed by atoms with Crippen molar-refractivity contribution < 1.29 is 9.13 Å². The third-order valence-corrected chi connectivity index (χ3v) is 3.43. The minimum atomic E-state index is -0.331. The minimum Gasteiger partial charge on any atom is -0.490 e. The van der Waals surface area contributed by atoms with Gasteiger partial charge in [-0.2, -0.15) is 5.10 Å². The first-order valence-electron chi connectivity index (χ1n) is 7.22. The summed E-state index contributed by atoms with van der Waals surface area (Å²) in [4.78, 5) is 0. The van der Waals surface area contributed by atoms with E-state index in [9.17, 15) is 4.39 Å². The van der Waals surface area contributed by atoms with Crippen LogP contribution >= 0.6 is 0 Å². The van der Waals surface area contributed by atoms with Crippen LogP contribution in [0.25, 0.3) is 0 Å². The van der Waals surface area contributed by atoms with Crippen LogP contribution in [0.2, 0.25) is 0 Å². The van der Waals surface area contributed by atoms with Gasteiger partial charge in [0.15, 0.2) is 11.6 Å². The van der Waals surface area contributed by atoms with Crippen LogP contribution in [-0.2, 0) is 19.9 Å². The molecule has 4 nitrogen and oxygen atoms in total. The van der Waals surface area contributed by atoms with Gasteiger partial charge in [0.25, 0.3) is 0 Å². The maximum atomic E-state index is 14.0. The second kappa shape index (κ2) is 7.22. The van der Waals surface area contributed by atoms with E-state index in [0.29, 0.717) is 19.4 Å². The third kappa shape index (κ3) is 4.56. The molecule has 21 heavy (non-hydrogen) atoms. The Kier molecular flexibility index (Phi) is 5.33. The van der Waals surface area contributed by atoms with E-state index in [4.69, 9.17) is 10.5 Å². The van der Waals surface area contributed by atoms with Crippen molar-refractivity contribution in [2.75, 3.05) is 6.61 Å². The van der Waals surface area contributed by atoms with Crippen LogP contribution in [0.1, 0.15) is 24.5 Å². The lowest BCUT2D eigenvalue weighted by Gasteiger charge is -2.11. The van der Waals surface area contributed by atoms with Crippen LogP contribution in [0, 0.1) is 5.82 Å². The number of benzene rings is 1. The molecule has 0 spiro atoms. The lowest BCUT2D eigenvalue weighted by atomic mass is 10.0. The Morgan fingerprint density at radius 2 is 2.19 bits per heavy atom. The summed E-state index contributed by atoms with van der Waals surface area (Å²) in [5, 5.41) is 4.08. The average molecular weight is 291 g/mol. The number of hydrogen-bond donors (Lipinski definition) is 1. The van der Waals surface area contributed by atoms with Gasteiger partial charge >= 0.3 is 0 Å². The Morgan fingerprint density at radius 3 is 2.81 bits per heavy atom. The molecule has 114 valence electrons. The molecule has 1 atom stereocenters. The van der Waals surface area contributed by atoms with Crippen LogP contribution in [0.15, 0.2) is 30.6 Å². The van der Waals surface area contributed by atoms with Crippen molar-refractivity contribution in [2.24, 2.45) is 12.8 Å². The van der Waals surface area contributed by atoms with E-state index in [-0.39, 0.29) is 17.6 Å². The van der Waals surface area contributed by atoms with Crippen LogP contribution in [-0.4, -0.2) is 22.4 Å². The molecule has 0 bridgehead atoms. The van der Waals surface area contributed by atoms with Crippen molar-refractivity contribution in [1.29, 1.82) is 0 Å². The van der Waals surface area contributed by atoms with E-state index >= 15 is 0 Å². The Hall–Kier alpha value is -1.88. The molecular weight excluding hydrogens is 269 g/mol. The maximum Gasteiger partial charge on any atom is 0.165 e. The lowest BCUT2D eigenvalue weighted by molar-refractivity contribution is 0.305. The number of halogens is 1. The largest absolute Gasteiger partial charge is 0.490 e. The summed E-state index contributed by atoms with van der Waals surface area (Å²) in [5.74, 6) is -0.0466. The van der Waals surface area contributed by atoms with Crippen molar-refractivity contribution >= 4 is 0 Å². The summed E-state index contributed by atoms with van der Waals surface area (Å²) < 4.78 is 21.2. The Bertz CT molecular complexity index is 583. The topological polar surface area (TPSA) is 53.1 Å². The zero-order chi connectivity index (χ0) is 15.2. The molecule has 0 aliphatic carbocycles. The summed E-state index contributed by atoms with van der Waals surface area (Å²) in [5.41, 5.74) is 7.85. The van der Waals surface area contributed by atoms with Crippen LogP contribution in [0.3, 0.4) is 0 Å². The third-order valence-electron chi connectivity index (χ3n) is 3.43. The molecule has 2 rings (SSSR count). The Morgan fingerprint density at radius 1 is 1.38 bits per heavy atom. The normalized spacial score (nSPS) is 12.4. The first-order valence-corrected chi connectivity index (χ1v) is 7.22. The van der Waals surface area contributed by atoms with Gasteiger partial charge in [-0.3, -0.25) is 4.68 Å². The smallest absolute Gasteiger partial charge is 0.165 e. The molecule has 1 aromatic heterocycles. The van der Waals surface area contributed by atoms with E-state index in [1.54, 1.807) is 16.9 Å². The Labute approximate surface area is 124 Å². The van der Waals surface area contributed by atoms with E-state index in [1.165, 1.54) is 6.07 Å². The quantitative estimate of drug-likeness (QED) is 0.852. The molecule has 0 amide bonds. The van der Waals surface area contributed by atoms with Crippen molar-refractivity contribution in [3.63, 3.8) is 0 Å². The van der Waals surface area contributed by atoms with Gasteiger partial charge < -0.3 is 10.5 Å². The van der Waals surface area contributed by atoms with E-state index in [2.05, 4.69) is 5.10 Å². The molecule has 2 aromatic rings. The summed E-state index contributed by atoms with van der Waals surface area (Å²) in [6, 6.07) is 5.13. The molecule has 0 saturated carbocycles. The standard InChI is InChI=1S/C16H22FN3O/c1-3-14(18)8-12-4-5-16(15(17)9-12)21-7-6-13-10-19-20(2)11-13/h4-5,9-11,14H,3,6-8,18H2,1-2H3. The first kappa shape index (κ1) is 15.5.